The van der Waals surface area contributed by atoms with Gasteiger partial charge in [-0.05, 0) is 37.7 Å². The molecular weight excluding hydrogens is 402 g/mol. The van der Waals surface area contributed by atoms with Gasteiger partial charge in [-0.1, -0.05) is 49.6 Å². The lowest BCUT2D eigenvalue weighted by molar-refractivity contribution is -0.118. The number of carbonyl (C=O) groups excluding carboxylic acids is 2. The summed E-state index contributed by atoms with van der Waals surface area (Å²) < 4.78 is 0. The van der Waals surface area contributed by atoms with Crippen molar-refractivity contribution in [2.75, 3.05) is 5.32 Å². The number of hydrogen-bond donors (Lipinski definition) is 4. The highest BCUT2D eigenvalue weighted by Gasteiger charge is 2.21. The van der Waals surface area contributed by atoms with Gasteiger partial charge in [0.25, 0.3) is 0 Å². The first-order valence-electron chi connectivity index (χ1n) is 11.4. The molecule has 3 aromatic rings. The number of nitrogens with zero attached hydrogens (tertiary/aromatic N) is 1. The lowest BCUT2D eigenvalue weighted by Gasteiger charge is -2.18. The number of hydrogen-bond acceptors (Lipinski definition) is 4. The van der Waals surface area contributed by atoms with Crippen molar-refractivity contribution >= 4 is 28.9 Å². The standard InChI is InChI=1S/C25H31N5O2/c26-24(32)22(14-18-15-27-23(16-31)28-18)30-25-20(19-11-6-7-13-21(19)29-25)12-5-4-10-17-8-2-1-3-9-17/h4,6-7,10-11,13,15-17,22,29-30H,1-3,5,8-9,12,14H2,(H2,26,32)(H,27,28)/t22-/m0/s1. The fraction of sp³-hybridized carbons (Fsp3) is 0.400. The molecule has 7 nitrogen and oxygen atoms in total. The second kappa shape index (κ2) is 10.3. The molecule has 32 heavy (non-hydrogen) atoms. The van der Waals surface area contributed by atoms with E-state index < -0.39 is 11.9 Å². The van der Waals surface area contributed by atoms with E-state index in [0.29, 0.717) is 24.3 Å². The van der Waals surface area contributed by atoms with Gasteiger partial charge in [0.2, 0.25) is 5.91 Å². The molecule has 1 saturated carbocycles. The highest BCUT2D eigenvalue weighted by molar-refractivity contribution is 5.90. The Hall–Kier alpha value is -3.35. The molecule has 0 bridgehead atoms. The van der Waals surface area contributed by atoms with Gasteiger partial charge in [0, 0.05) is 34.8 Å². The maximum Gasteiger partial charge on any atom is 0.240 e. The zero-order valence-electron chi connectivity index (χ0n) is 18.3. The smallest absolute Gasteiger partial charge is 0.240 e. The van der Waals surface area contributed by atoms with E-state index in [1.807, 2.05) is 18.2 Å². The summed E-state index contributed by atoms with van der Waals surface area (Å²) >= 11 is 0. The molecule has 5 N–H and O–H groups in total. The van der Waals surface area contributed by atoms with Crippen LogP contribution in [0.5, 0.6) is 0 Å². The molecule has 168 valence electrons. The minimum Gasteiger partial charge on any atom is -0.368 e. The number of rotatable bonds is 10. The number of benzene rings is 1. The van der Waals surface area contributed by atoms with E-state index in [4.69, 9.17) is 5.73 Å². The Morgan fingerprint density at radius 1 is 1.22 bits per heavy atom. The number of anilines is 1. The number of aromatic amines is 2. The number of nitrogens with two attached hydrogens (primary N) is 1. The van der Waals surface area contributed by atoms with Crippen LogP contribution in [0.4, 0.5) is 5.82 Å². The van der Waals surface area contributed by atoms with Gasteiger partial charge in [0.1, 0.15) is 11.9 Å². The second-order valence-electron chi connectivity index (χ2n) is 8.60. The lowest BCUT2D eigenvalue weighted by Crippen LogP contribution is -2.37. The van der Waals surface area contributed by atoms with Crippen LogP contribution < -0.4 is 11.1 Å². The number of amides is 1. The Labute approximate surface area is 187 Å². The number of aryl methyl sites for hydroxylation is 1. The average molecular weight is 434 g/mol. The van der Waals surface area contributed by atoms with E-state index >= 15 is 0 Å². The third-order valence-corrected chi connectivity index (χ3v) is 6.28. The Kier molecular flexibility index (Phi) is 7.04. The third-order valence-electron chi connectivity index (χ3n) is 6.28. The summed E-state index contributed by atoms with van der Waals surface area (Å²) in [7, 11) is 0. The van der Waals surface area contributed by atoms with Crippen LogP contribution in [0.2, 0.25) is 0 Å². The van der Waals surface area contributed by atoms with E-state index in [0.717, 1.165) is 35.1 Å². The Bertz CT molecular complexity index is 1090. The SMILES string of the molecule is NC(=O)[C@H](Cc1cnc(C=O)[nH]1)Nc1[nH]c2ccccc2c1CCC=CC1CCCCC1. The zero-order chi connectivity index (χ0) is 22.3. The minimum atomic E-state index is -0.639. The van der Waals surface area contributed by atoms with Crippen molar-refractivity contribution in [3.63, 3.8) is 0 Å². The predicted octanol–water partition coefficient (Wildman–Crippen LogP) is 4.28. The van der Waals surface area contributed by atoms with Crippen molar-refractivity contribution in [2.45, 2.75) is 57.4 Å². The van der Waals surface area contributed by atoms with Gasteiger partial charge in [0.05, 0.1) is 0 Å². The van der Waals surface area contributed by atoms with E-state index in [9.17, 15) is 9.59 Å². The summed E-state index contributed by atoms with van der Waals surface area (Å²) in [6, 6.07) is 7.51. The number of para-hydroxylation sites is 1. The molecule has 1 aliphatic rings. The average Bonchev–Trinajstić information content (AvgIpc) is 3.41. The molecule has 7 heteroatoms. The highest BCUT2D eigenvalue weighted by Crippen LogP contribution is 2.29. The summed E-state index contributed by atoms with van der Waals surface area (Å²) in [5.41, 5.74) is 8.54. The third kappa shape index (κ3) is 5.28. The summed E-state index contributed by atoms with van der Waals surface area (Å²) in [5, 5.41) is 4.46. The lowest BCUT2D eigenvalue weighted by atomic mass is 9.89. The topological polar surface area (TPSA) is 117 Å². The number of aromatic nitrogens is 3. The maximum absolute atomic E-state index is 12.2. The van der Waals surface area contributed by atoms with Gasteiger partial charge in [-0.15, -0.1) is 0 Å². The fourth-order valence-electron chi connectivity index (χ4n) is 4.58. The van der Waals surface area contributed by atoms with Crippen LogP contribution in [0.3, 0.4) is 0 Å². The van der Waals surface area contributed by atoms with Crippen molar-refractivity contribution in [3.8, 4) is 0 Å². The molecule has 1 aromatic carbocycles. The molecule has 0 saturated heterocycles. The first-order chi connectivity index (χ1) is 15.6. The van der Waals surface area contributed by atoms with Crippen LogP contribution in [0.25, 0.3) is 10.9 Å². The Morgan fingerprint density at radius 2 is 2.03 bits per heavy atom. The zero-order valence-corrected chi connectivity index (χ0v) is 18.3. The van der Waals surface area contributed by atoms with Crippen molar-refractivity contribution < 1.29 is 9.59 Å². The van der Waals surface area contributed by atoms with E-state index in [-0.39, 0.29) is 5.82 Å². The summed E-state index contributed by atoms with van der Waals surface area (Å²) in [4.78, 5) is 33.4. The maximum atomic E-state index is 12.2. The number of nitrogens with one attached hydrogen (secondary N) is 3. The molecular formula is C25H31N5O2. The van der Waals surface area contributed by atoms with Crippen molar-refractivity contribution in [3.05, 3.63) is 59.7 Å². The number of carbonyl (C=O) groups is 2. The first-order valence-corrected chi connectivity index (χ1v) is 11.4. The molecule has 4 rings (SSSR count). The molecule has 2 heterocycles. The van der Waals surface area contributed by atoms with E-state index in [1.165, 1.54) is 32.1 Å². The Morgan fingerprint density at radius 3 is 2.78 bits per heavy atom. The molecule has 1 aliphatic carbocycles. The summed E-state index contributed by atoms with van der Waals surface area (Å²) in [6.07, 6.45) is 15.7. The number of fused-ring (bicyclic) bond motifs is 1. The second-order valence-corrected chi connectivity index (χ2v) is 8.60. The summed E-state index contributed by atoms with van der Waals surface area (Å²) in [6.45, 7) is 0. The molecule has 1 atom stereocenters. The number of H-pyrrole nitrogens is 2. The number of imidazole rings is 1. The van der Waals surface area contributed by atoms with Gasteiger partial charge < -0.3 is 21.0 Å². The molecule has 0 unspecified atom stereocenters. The molecule has 0 spiro atoms. The van der Waals surface area contributed by atoms with Gasteiger partial charge in [-0.25, -0.2) is 4.98 Å². The van der Waals surface area contributed by atoms with Gasteiger partial charge in [-0.3, -0.25) is 9.59 Å². The quantitative estimate of drug-likeness (QED) is 0.282. The predicted molar refractivity (Wildman–Crippen MR) is 127 cm³/mol. The van der Waals surface area contributed by atoms with E-state index in [1.54, 1.807) is 6.20 Å². The number of primary amides is 1. The van der Waals surface area contributed by atoms with Crippen LogP contribution in [0.15, 0.2) is 42.6 Å². The van der Waals surface area contributed by atoms with Crippen LogP contribution in [0.1, 0.15) is 60.4 Å². The van der Waals surface area contributed by atoms with Crippen molar-refractivity contribution in [1.29, 1.82) is 0 Å². The largest absolute Gasteiger partial charge is 0.368 e. The highest BCUT2D eigenvalue weighted by atomic mass is 16.1. The van der Waals surface area contributed by atoms with Crippen molar-refractivity contribution in [1.82, 2.24) is 15.0 Å². The number of aldehydes is 1. The van der Waals surface area contributed by atoms with Crippen LogP contribution in [0, 0.1) is 5.92 Å². The molecule has 1 amide bonds. The minimum absolute atomic E-state index is 0.235. The monoisotopic (exact) mass is 433 g/mol. The molecule has 0 aliphatic heterocycles. The van der Waals surface area contributed by atoms with Gasteiger partial charge >= 0.3 is 0 Å². The van der Waals surface area contributed by atoms with Crippen molar-refractivity contribution in [2.24, 2.45) is 11.7 Å². The van der Waals surface area contributed by atoms with Crippen LogP contribution in [-0.4, -0.2) is 33.2 Å². The summed E-state index contributed by atoms with van der Waals surface area (Å²) in [5.74, 6) is 1.30. The van der Waals surface area contributed by atoms with Crippen LogP contribution >= 0.6 is 0 Å². The van der Waals surface area contributed by atoms with E-state index in [2.05, 4.69) is 38.5 Å². The normalized spacial score (nSPS) is 15.9. The van der Waals surface area contributed by atoms with Crippen LogP contribution in [-0.2, 0) is 17.6 Å². The van der Waals surface area contributed by atoms with Gasteiger partial charge in [-0.2, -0.15) is 0 Å². The molecule has 0 radical (unpaired) electrons. The Balaban J connectivity index is 1.50. The first kappa shape index (κ1) is 21.9. The molecule has 2 aromatic heterocycles. The van der Waals surface area contributed by atoms with Gasteiger partial charge in [0.15, 0.2) is 12.1 Å². The molecule has 1 fully saturated rings. The fourth-order valence-corrected chi connectivity index (χ4v) is 4.58. The number of allylic oxidation sites excluding steroid dienone is 2.